The van der Waals surface area contributed by atoms with Gasteiger partial charge in [0.25, 0.3) is 0 Å². The molecule has 1 aromatic rings. The van der Waals surface area contributed by atoms with Gasteiger partial charge in [0.15, 0.2) is 0 Å². The molecule has 0 heterocycles. The van der Waals surface area contributed by atoms with Gasteiger partial charge in [-0.15, -0.1) is 0 Å². The van der Waals surface area contributed by atoms with Crippen molar-refractivity contribution >= 4 is 23.3 Å². The molecule has 1 aromatic carbocycles. The first kappa shape index (κ1) is 16.8. The van der Waals surface area contributed by atoms with Gasteiger partial charge in [0.2, 0.25) is 5.91 Å². The first-order chi connectivity index (χ1) is 9.69. The summed E-state index contributed by atoms with van der Waals surface area (Å²) in [4.78, 5) is 22.5. The maximum absolute atomic E-state index is 11.8. The molecule has 0 radical (unpaired) electrons. The number of nitrogens with one attached hydrogen (secondary N) is 1. The van der Waals surface area contributed by atoms with Crippen molar-refractivity contribution in [2.45, 2.75) is 12.6 Å². The van der Waals surface area contributed by atoms with Crippen LogP contribution in [0.4, 0.5) is 24.5 Å². The number of amides is 1. The van der Waals surface area contributed by atoms with E-state index in [1.54, 1.807) is 0 Å². The summed E-state index contributed by atoms with van der Waals surface area (Å²) in [6.45, 7) is -1.88. The number of hydrogen-bond donors (Lipinski definition) is 3. The summed E-state index contributed by atoms with van der Waals surface area (Å²) in [6.07, 6.45) is -4.80. The summed E-state index contributed by atoms with van der Waals surface area (Å²) in [6, 6.07) is 3.82. The van der Waals surface area contributed by atoms with Crippen LogP contribution in [0.1, 0.15) is 16.8 Å². The van der Waals surface area contributed by atoms with Crippen LogP contribution in [0.2, 0.25) is 0 Å². The zero-order valence-electron chi connectivity index (χ0n) is 10.7. The lowest BCUT2D eigenvalue weighted by Gasteiger charge is -2.10. The molecule has 0 bridgehead atoms. The van der Waals surface area contributed by atoms with E-state index >= 15 is 0 Å². The van der Waals surface area contributed by atoms with E-state index in [4.69, 9.17) is 10.8 Å². The Bertz CT molecular complexity index is 532. The van der Waals surface area contributed by atoms with Crippen molar-refractivity contribution in [2.75, 3.05) is 24.3 Å². The minimum atomic E-state index is -4.46. The van der Waals surface area contributed by atoms with Gasteiger partial charge in [0.05, 0.1) is 24.3 Å². The molecule has 1 amide bonds. The average molecular weight is 306 g/mol. The van der Waals surface area contributed by atoms with Gasteiger partial charge in [0.1, 0.15) is 6.61 Å². The van der Waals surface area contributed by atoms with Crippen LogP contribution >= 0.6 is 0 Å². The normalized spacial score (nSPS) is 11.2. The van der Waals surface area contributed by atoms with Gasteiger partial charge in [-0.1, -0.05) is 0 Å². The van der Waals surface area contributed by atoms with Gasteiger partial charge < -0.3 is 20.9 Å². The molecule has 0 unspecified atom stereocenters. The van der Waals surface area contributed by atoms with Crippen molar-refractivity contribution in [1.82, 2.24) is 0 Å². The molecule has 4 N–H and O–H groups in total. The van der Waals surface area contributed by atoms with E-state index in [9.17, 15) is 22.8 Å². The lowest BCUT2D eigenvalue weighted by atomic mass is 10.1. The number of aromatic carboxylic acids is 1. The van der Waals surface area contributed by atoms with Gasteiger partial charge >= 0.3 is 12.1 Å². The Kier molecular flexibility index (Phi) is 5.53. The van der Waals surface area contributed by atoms with Crippen LogP contribution in [0.15, 0.2) is 18.2 Å². The Morgan fingerprint density at radius 2 is 2.00 bits per heavy atom. The van der Waals surface area contributed by atoms with Crippen LogP contribution in [0.3, 0.4) is 0 Å². The smallest absolute Gasteiger partial charge is 0.411 e. The highest BCUT2D eigenvalue weighted by molar-refractivity contribution is 6.01. The summed E-state index contributed by atoms with van der Waals surface area (Å²) in [5.74, 6) is -1.94. The predicted octanol–water partition coefficient (Wildman–Crippen LogP) is 1.87. The van der Waals surface area contributed by atoms with E-state index in [0.29, 0.717) is 0 Å². The molecular weight excluding hydrogens is 293 g/mol. The highest BCUT2D eigenvalue weighted by Crippen LogP contribution is 2.19. The molecule has 0 saturated carbocycles. The van der Waals surface area contributed by atoms with Crippen molar-refractivity contribution in [2.24, 2.45) is 0 Å². The number of benzene rings is 1. The second-order valence-electron chi connectivity index (χ2n) is 4.08. The highest BCUT2D eigenvalue weighted by atomic mass is 19.4. The maximum atomic E-state index is 11.8. The average Bonchev–Trinajstić information content (AvgIpc) is 2.33. The summed E-state index contributed by atoms with van der Waals surface area (Å²) < 4.78 is 39.7. The van der Waals surface area contributed by atoms with Crippen LogP contribution in [0.25, 0.3) is 0 Å². The monoisotopic (exact) mass is 306 g/mol. The van der Waals surface area contributed by atoms with E-state index < -0.39 is 31.3 Å². The summed E-state index contributed by atoms with van der Waals surface area (Å²) in [7, 11) is 0. The van der Waals surface area contributed by atoms with Gasteiger partial charge in [-0.2, -0.15) is 13.2 Å². The lowest BCUT2D eigenvalue weighted by Crippen LogP contribution is -2.20. The Morgan fingerprint density at radius 3 is 2.57 bits per heavy atom. The molecule has 6 nitrogen and oxygen atoms in total. The fourth-order valence-electron chi connectivity index (χ4n) is 1.42. The fourth-order valence-corrected chi connectivity index (χ4v) is 1.42. The second kappa shape index (κ2) is 6.93. The molecule has 1 rings (SSSR count). The van der Waals surface area contributed by atoms with Gasteiger partial charge in [-0.3, -0.25) is 4.79 Å². The molecule has 0 aliphatic rings. The van der Waals surface area contributed by atoms with Crippen molar-refractivity contribution < 1.29 is 32.6 Å². The first-order valence-corrected chi connectivity index (χ1v) is 5.76. The molecule has 0 aliphatic heterocycles. The van der Waals surface area contributed by atoms with Crippen LogP contribution in [0, 0.1) is 0 Å². The Labute approximate surface area is 117 Å². The quantitative estimate of drug-likeness (QED) is 0.550. The standard InChI is InChI=1S/C12H13F3N2O4/c13-12(14,15)6-21-4-3-10(18)17-9-5-7(16)1-2-8(9)11(19)20/h1-2,5H,3-4,6,16H2,(H,17,18)(H,19,20). The molecule has 9 heteroatoms. The van der Waals surface area contributed by atoms with Crippen molar-refractivity contribution in [3.8, 4) is 0 Å². The van der Waals surface area contributed by atoms with E-state index in [1.165, 1.54) is 18.2 Å². The molecule has 0 fully saturated rings. The third-order valence-electron chi connectivity index (χ3n) is 2.29. The number of carboxylic acids is 1. The fraction of sp³-hybridized carbons (Fsp3) is 0.333. The third kappa shape index (κ3) is 6.13. The number of carbonyl (C=O) groups is 2. The van der Waals surface area contributed by atoms with Crippen molar-refractivity contribution in [1.29, 1.82) is 0 Å². The number of carboxylic acid groups (broad SMARTS) is 1. The van der Waals surface area contributed by atoms with Gasteiger partial charge in [-0.25, -0.2) is 4.79 Å². The van der Waals surface area contributed by atoms with Crippen LogP contribution in [-0.2, 0) is 9.53 Å². The van der Waals surface area contributed by atoms with Crippen LogP contribution < -0.4 is 11.1 Å². The van der Waals surface area contributed by atoms with E-state index in [0.717, 1.165) is 0 Å². The highest BCUT2D eigenvalue weighted by Gasteiger charge is 2.27. The number of alkyl halides is 3. The van der Waals surface area contributed by atoms with Crippen molar-refractivity contribution in [3.63, 3.8) is 0 Å². The van der Waals surface area contributed by atoms with E-state index in [2.05, 4.69) is 10.1 Å². The summed E-state index contributed by atoms with van der Waals surface area (Å²) in [5, 5.41) is 11.2. The van der Waals surface area contributed by atoms with E-state index in [-0.39, 0.29) is 23.4 Å². The number of anilines is 2. The maximum Gasteiger partial charge on any atom is 0.411 e. The molecule has 21 heavy (non-hydrogen) atoms. The number of rotatable bonds is 6. The summed E-state index contributed by atoms with van der Waals surface area (Å²) in [5.41, 5.74) is 5.52. The number of halogens is 3. The largest absolute Gasteiger partial charge is 0.478 e. The van der Waals surface area contributed by atoms with Crippen molar-refractivity contribution in [3.05, 3.63) is 23.8 Å². The minimum absolute atomic E-state index is 0.0247. The van der Waals surface area contributed by atoms with Gasteiger partial charge in [-0.05, 0) is 18.2 Å². The summed E-state index contributed by atoms with van der Waals surface area (Å²) >= 11 is 0. The molecular formula is C12H13F3N2O4. The zero-order chi connectivity index (χ0) is 16.0. The first-order valence-electron chi connectivity index (χ1n) is 5.76. The third-order valence-corrected chi connectivity index (χ3v) is 2.29. The number of carbonyl (C=O) groups excluding carboxylic acids is 1. The zero-order valence-corrected chi connectivity index (χ0v) is 10.7. The molecule has 0 aromatic heterocycles. The van der Waals surface area contributed by atoms with Crippen LogP contribution in [-0.4, -0.2) is 36.4 Å². The topological polar surface area (TPSA) is 102 Å². The predicted molar refractivity (Wildman–Crippen MR) is 67.9 cm³/mol. The minimum Gasteiger partial charge on any atom is -0.478 e. The second-order valence-corrected chi connectivity index (χ2v) is 4.08. The molecule has 0 saturated heterocycles. The molecule has 0 spiro atoms. The van der Waals surface area contributed by atoms with Gasteiger partial charge in [0, 0.05) is 5.69 Å². The molecule has 0 atom stereocenters. The Hall–Kier alpha value is -2.29. The molecule has 116 valence electrons. The Morgan fingerprint density at radius 1 is 1.33 bits per heavy atom. The number of hydrogen-bond acceptors (Lipinski definition) is 4. The number of ether oxygens (including phenoxy) is 1. The molecule has 0 aliphatic carbocycles. The Balaban J connectivity index is 2.55. The number of nitrogen functional groups attached to an aromatic ring is 1. The van der Waals surface area contributed by atoms with E-state index in [1.807, 2.05) is 0 Å². The number of nitrogens with two attached hydrogens (primary N) is 1. The lowest BCUT2D eigenvalue weighted by molar-refractivity contribution is -0.174. The van der Waals surface area contributed by atoms with Crippen LogP contribution in [0.5, 0.6) is 0 Å². The SMILES string of the molecule is Nc1ccc(C(=O)O)c(NC(=O)CCOCC(F)(F)F)c1.